The van der Waals surface area contributed by atoms with E-state index in [2.05, 4.69) is 35.5 Å². The van der Waals surface area contributed by atoms with Gasteiger partial charge in [-0.2, -0.15) is 5.26 Å². The molecule has 0 bridgehead atoms. The Hall–Kier alpha value is -1.37. The van der Waals surface area contributed by atoms with Crippen LogP contribution in [0.15, 0.2) is 24.3 Å². The van der Waals surface area contributed by atoms with E-state index >= 15 is 0 Å². The van der Waals surface area contributed by atoms with Gasteiger partial charge in [0.25, 0.3) is 0 Å². The third-order valence-corrected chi connectivity index (χ3v) is 3.85. The van der Waals surface area contributed by atoms with Gasteiger partial charge >= 0.3 is 0 Å². The first kappa shape index (κ1) is 13.1. The molecule has 2 atom stereocenters. The SMILES string of the molecule is CNCC1CCCN(C)C1c1ccc(C#N)cc1. The normalized spacial score (nSPS) is 24.7. The number of hydrogen-bond acceptors (Lipinski definition) is 3. The summed E-state index contributed by atoms with van der Waals surface area (Å²) in [6.45, 7) is 2.21. The van der Waals surface area contributed by atoms with Crippen molar-refractivity contribution in [2.24, 2.45) is 5.92 Å². The van der Waals surface area contributed by atoms with Crippen molar-refractivity contribution < 1.29 is 0 Å². The molecule has 0 saturated carbocycles. The standard InChI is InChI=1S/C15H21N3/c1-17-11-14-4-3-9-18(2)15(14)13-7-5-12(10-16)6-8-13/h5-8,14-15,17H,3-4,9,11H2,1-2H3. The Morgan fingerprint density at radius 1 is 1.39 bits per heavy atom. The summed E-state index contributed by atoms with van der Waals surface area (Å²) in [7, 11) is 4.22. The molecule has 0 aliphatic carbocycles. The van der Waals surface area contributed by atoms with Gasteiger partial charge in [-0.15, -0.1) is 0 Å². The van der Waals surface area contributed by atoms with E-state index in [4.69, 9.17) is 5.26 Å². The highest BCUT2D eigenvalue weighted by Gasteiger charge is 2.29. The molecule has 0 spiro atoms. The minimum Gasteiger partial charge on any atom is -0.319 e. The second-order valence-electron chi connectivity index (χ2n) is 5.12. The Balaban J connectivity index is 2.22. The van der Waals surface area contributed by atoms with Crippen LogP contribution in [-0.4, -0.2) is 32.1 Å². The van der Waals surface area contributed by atoms with Crippen molar-refractivity contribution in [2.75, 3.05) is 27.2 Å². The first-order chi connectivity index (χ1) is 8.76. The summed E-state index contributed by atoms with van der Waals surface area (Å²) >= 11 is 0. The molecule has 2 unspecified atom stereocenters. The van der Waals surface area contributed by atoms with Crippen LogP contribution >= 0.6 is 0 Å². The van der Waals surface area contributed by atoms with Gasteiger partial charge in [-0.3, -0.25) is 4.90 Å². The first-order valence-corrected chi connectivity index (χ1v) is 6.61. The molecule has 1 N–H and O–H groups in total. The number of rotatable bonds is 3. The molecule has 3 nitrogen and oxygen atoms in total. The molecule has 1 fully saturated rings. The summed E-state index contributed by atoms with van der Waals surface area (Å²) in [6.07, 6.45) is 2.55. The molecule has 0 aromatic heterocycles. The van der Waals surface area contributed by atoms with Gasteiger partial charge in [0.15, 0.2) is 0 Å². The Labute approximate surface area is 109 Å². The van der Waals surface area contributed by atoms with Crippen LogP contribution < -0.4 is 5.32 Å². The number of benzene rings is 1. The lowest BCUT2D eigenvalue weighted by atomic mass is 9.84. The average Bonchev–Trinajstić information content (AvgIpc) is 2.40. The largest absolute Gasteiger partial charge is 0.319 e. The van der Waals surface area contributed by atoms with Gasteiger partial charge in [-0.1, -0.05) is 12.1 Å². The molecule has 1 aliphatic heterocycles. The predicted molar refractivity (Wildman–Crippen MR) is 73.2 cm³/mol. The van der Waals surface area contributed by atoms with Gasteiger partial charge in [0.1, 0.15) is 0 Å². The number of likely N-dealkylation sites (tertiary alicyclic amines) is 1. The zero-order valence-corrected chi connectivity index (χ0v) is 11.2. The third kappa shape index (κ3) is 2.72. The van der Waals surface area contributed by atoms with Crippen LogP contribution in [0.3, 0.4) is 0 Å². The predicted octanol–water partition coefficient (Wildman–Crippen LogP) is 2.16. The lowest BCUT2D eigenvalue weighted by molar-refractivity contribution is 0.121. The number of nitrogens with one attached hydrogen (secondary N) is 1. The van der Waals surface area contributed by atoms with Crippen LogP contribution in [0.25, 0.3) is 0 Å². The fourth-order valence-corrected chi connectivity index (χ4v) is 3.02. The van der Waals surface area contributed by atoms with Crippen LogP contribution in [0.4, 0.5) is 0 Å². The van der Waals surface area contributed by atoms with Crippen LogP contribution in [0.2, 0.25) is 0 Å². The quantitative estimate of drug-likeness (QED) is 0.884. The summed E-state index contributed by atoms with van der Waals surface area (Å²) in [6, 6.07) is 10.7. The molecule has 1 aromatic rings. The van der Waals surface area contributed by atoms with Crippen LogP contribution in [-0.2, 0) is 0 Å². The van der Waals surface area contributed by atoms with Crippen molar-refractivity contribution in [1.29, 1.82) is 5.26 Å². The van der Waals surface area contributed by atoms with E-state index in [0.29, 0.717) is 12.0 Å². The first-order valence-electron chi connectivity index (χ1n) is 6.61. The highest BCUT2D eigenvalue weighted by atomic mass is 15.1. The van der Waals surface area contributed by atoms with Gasteiger partial charge < -0.3 is 5.32 Å². The Morgan fingerprint density at radius 2 is 2.11 bits per heavy atom. The van der Waals surface area contributed by atoms with Gasteiger partial charge in [-0.25, -0.2) is 0 Å². The van der Waals surface area contributed by atoms with Gasteiger partial charge in [0.2, 0.25) is 0 Å². The maximum absolute atomic E-state index is 8.86. The van der Waals surface area contributed by atoms with Crippen molar-refractivity contribution >= 4 is 0 Å². The van der Waals surface area contributed by atoms with Crippen molar-refractivity contribution in [3.63, 3.8) is 0 Å². The second kappa shape index (κ2) is 5.99. The molecule has 18 heavy (non-hydrogen) atoms. The van der Waals surface area contributed by atoms with Crippen molar-refractivity contribution in [1.82, 2.24) is 10.2 Å². The van der Waals surface area contributed by atoms with Crippen molar-refractivity contribution in [3.05, 3.63) is 35.4 Å². The summed E-state index contributed by atoms with van der Waals surface area (Å²) in [5.74, 6) is 0.654. The minimum atomic E-state index is 0.471. The van der Waals surface area contributed by atoms with Crippen LogP contribution in [0, 0.1) is 17.2 Å². The smallest absolute Gasteiger partial charge is 0.0991 e. The zero-order valence-electron chi connectivity index (χ0n) is 11.2. The highest BCUT2D eigenvalue weighted by molar-refractivity contribution is 5.33. The van der Waals surface area contributed by atoms with E-state index in [0.717, 1.165) is 18.7 Å². The number of piperidine rings is 1. The molecule has 3 heteroatoms. The van der Waals surface area contributed by atoms with E-state index < -0.39 is 0 Å². The van der Waals surface area contributed by atoms with Crippen LogP contribution in [0.1, 0.15) is 30.0 Å². The molecule has 1 aliphatic rings. The maximum atomic E-state index is 8.86. The van der Waals surface area contributed by atoms with Gasteiger partial charge in [-0.05, 0) is 63.6 Å². The lowest BCUT2D eigenvalue weighted by Gasteiger charge is -2.39. The molecule has 96 valence electrons. The Bertz CT molecular complexity index is 416. The summed E-state index contributed by atoms with van der Waals surface area (Å²) < 4.78 is 0. The lowest BCUT2D eigenvalue weighted by Crippen LogP contribution is -2.39. The molecular formula is C15H21N3. The van der Waals surface area contributed by atoms with E-state index in [1.165, 1.54) is 18.4 Å². The van der Waals surface area contributed by atoms with Crippen LogP contribution in [0.5, 0.6) is 0 Å². The van der Waals surface area contributed by atoms with E-state index in [-0.39, 0.29) is 0 Å². The van der Waals surface area contributed by atoms with E-state index in [1.54, 1.807) is 0 Å². The molecular weight excluding hydrogens is 222 g/mol. The van der Waals surface area contributed by atoms with E-state index in [9.17, 15) is 0 Å². The van der Waals surface area contributed by atoms with Gasteiger partial charge in [0.05, 0.1) is 11.6 Å². The highest BCUT2D eigenvalue weighted by Crippen LogP contribution is 2.34. The maximum Gasteiger partial charge on any atom is 0.0991 e. The van der Waals surface area contributed by atoms with Crippen molar-refractivity contribution in [3.8, 4) is 6.07 Å². The molecule has 1 heterocycles. The number of nitrogens with zero attached hydrogens (tertiary/aromatic N) is 2. The average molecular weight is 243 g/mol. The Morgan fingerprint density at radius 3 is 2.72 bits per heavy atom. The van der Waals surface area contributed by atoms with E-state index in [1.807, 2.05) is 19.2 Å². The fraction of sp³-hybridized carbons (Fsp3) is 0.533. The third-order valence-electron chi connectivity index (χ3n) is 3.85. The van der Waals surface area contributed by atoms with Gasteiger partial charge in [0, 0.05) is 6.04 Å². The topological polar surface area (TPSA) is 39.1 Å². The monoisotopic (exact) mass is 243 g/mol. The molecule has 1 aromatic carbocycles. The molecule has 0 radical (unpaired) electrons. The fourth-order valence-electron chi connectivity index (χ4n) is 3.02. The summed E-state index contributed by atoms with van der Waals surface area (Å²) in [5, 5.41) is 12.2. The number of nitriles is 1. The number of hydrogen-bond donors (Lipinski definition) is 1. The molecule has 2 rings (SSSR count). The molecule has 1 saturated heterocycles. The second-order valence-corrected chi connectivity index (χ2v) is 5.12. The summed E-state index contributed by atoms with van der Waals surface area (Å²) in [4.78, 5) is 2.44. The Kier molecular flexibility index (Phi) is 4.35. The van der Waals surface area contributed by atoms with Crippen molar-refractivity contribution in [2.45, 2.75) is 18.9 Å². The minimum absolute atomic E-state index is 0.471. The summed E-state index contributed by atoms with van der Waals surface area (Å²) in [5.41, 5.74) is 2.07. The molecule has 0 amide bonds. The zero-order chi connectivity index (χ0) is 13.0.